The Balaban J connectivity index is 2.12. The fraction of sp³-hybridized carbons (Fsp3) is 0.231. The molecule has 0 aliphatic carbocycles. The van der Waals surface area contributed by atoms with E-state index in [2.05, 4.69) is 20.3 Å². The molecule has 0 saturated carbocycles. The predicted octanol–water partition coefficient (Wildman–Crippen LogP) is 3.81. The van der Waals surface area contributed by atoms with Crippen molar-refractivity contribution >= 4 is 34.6 Å². The van der Waals surface area contributed by atoms with Crippen LogP contribution in [-0.4, -0.2) is 21.8 Å². The average Bonchev–Trinajstić information content (AvgIpc) is 2.97. The van der Waals surface area contributed by atoms with Gasteiger partial charge in [-0.15, -0.1) is 0 Å². The molecule has 1 heterocycles. The van der Waals surface area contributed by atoms with Crippen LogP contribution in [0.25, 0.3) is 0 Å². The molecule has 0 aliphatic rings. The summed E-state index contributed by atoms with van der Waals surface area (Å²) in [5.74, 6) is -0.0675. The van der Waals surface area contributed by atoms with Gasteiger partial charge in [-0.1, -0.05) is 5.16 Å². The minimum Gasteiger partial charge on any atom is -0.494 e. The van der Waals surface area contributed by atoms with E-state index in [9.17, 15) is 23.3 Å². The molecule has 0 atom stereocenters. The number of hydrogen-bond acceptors (Lipinski definition) is 6. The highest BCUT2D eigenvalue weighted by atomic mass is 32.1. The van der Waals surface area contributed by atoms with Gasteiger partial charge < -0.3 is 19.9 Å². The molecule has 0 amide bonds. The summed E-state index contributed by atoms with van der Waals surface area (Å²) < 4.78 is 47.0. The van der Waals surface area contributed by atoms with E-state index in [1.54, 1.807) is 6.92 Å². The third-order valence-electron chi connectivity index (χ3n) is 2.76. The average molecular weight is 376 g/mol. The van der Waals surface area contributed by atoms with Crippen molar-refractivity contribution in [2.45, 2.75) is 13.1 Å². The van der Waals surface area contributed by atoms with E-state index >= 15 is 0 Å². The van der Waals surface area contributed by atoms with Crippen LogP contribution in [0.3, 0.4) is 0 Å². The maximum absolute atomic E-state index is 12.4. The van der Waals surface area contributed by atoms with E-state index in [0.717, 1.165) is 0 Å². The van der Waals surface area contributed by atoms with Gasteiger partial charge in [0.15, 0.2) is 10.8 Å². The van der Waals surface area contributed by atoms with E-state index in [-0.39, 0.29) is 22.4 Å². The molecule has 2 rings (SSSR count). The second-order valence-corrected chi connectivity index (χ2v) is 4.93. The topological polar surface area (TPSA) is 102 Å². The van der Waals surface area contributed by atoms with E-state index < -0.39 is 16.8 Å². The first kappa shape index (κ1) is 18.4. The molecule has 25 heavy (non-hydrogen) atoms. The van der Waals surface area contributed by atoms with Crippen molar-refractivity contribution in [2.24, 2.45) is 0 Å². The Labute approximate surface area is 144 Å². The summed E-state index contributed by atoms with van der Waals surface area (Å²) >= 11 is 4.91. The Bertz CT molecular complexity index is 794. The van der Waals surface area contributed by atoms with E-state index in [1.807, 2.05) is 0 Å². The molecule has 0 spiro atoms. The summed E-state index contributed by atoms with van der Waals surface area (Å²) in [6.07, 6.45) is -4.66. The van der Waals surface area contributed by atoms with Gasteiger partial charge in [0.05, 0.1) is 17.6 Å². The Kier molecular flexibility index (Phi) is 5.41. The van der Waals surface area contributed by atoms with Crippen LogP contribution >= 0.6 is 12.2 Å². The van der Waals surface area contributed by atoms with Crippen molar-refractivity contribution in [1.82, 2.24) is 5.16 Å². The molecule has 1 aromatic heterocycles. The highest BCUT2D eigenvalue weighted by molar-refractivity contribution is 7.80. The highest BCUT2D eigenvalue weighted by Gasteiger charge is 2.35. The number of nitrogens with zero attached hydrogens (tertiary/aromatic N) is 2. The Morgan fingerprint density at radius 2 is 2.12 bits per heavy atom. The van der Waals surface area contributed by atoms with Crippen molar-refractivity contribution < 1.29 is 27.4 Å². The van der Waals surface area contributed by atoms with Gasteiger partial charge in [-0.3, -0.25) is 10.1 Å². The van der Waals surface area contributed by atoms with Crippen molar-refractivity contribution in [3.05, 3.63) is 40.1 Å². The number of alkyl halides is 3. The zero-order chi connectivity index (χ0) is 18.6. The molecule has 0 saturated heterocycles. The molecular formula is C13H11F3N4O4S. The van der Waals surface area contributed by atoms with Gasteiger partial charge in [0.1, 0.15) is 11.4 Å². The second-order valence-electron chi connectivity index (χ2n) is 4.52. The highest BCUT2D eigenvalue weighted by Crippen LogP contribution is 2.31. The summed E-state index contributed by atoms with van der Waals surface area (Å²) in [4.78, 5) is 10.5. The van der Waals surface area contributed by atoms with Gasteiger partial charge in [-0.2, -0.15) is 13.2 Å². The fourth-order valence-corrected chi connectivity index (χ4v) is 1.97. The molecule has 2 aromatic rings. The third-order valence-corrected chi connectivity index (χ3v) is 2.97. The maximum Gasteiger partial charge on any atom is 0.436 e. The summed E-state index contributed by atoms with van der Waals surface area (Å²) in [6, 6.07) is 4.65. The molecular weight excluding hydrogens is 365 g/mol. The number of anilines is 2. The number of hydrogen-bond donors (Lipinski definition) is 2. The van der Waals surface area contributed by atoms with Gasteiger partial charge in [-0.25, -0.2) is 0 Å². The van der Waals surface area contributed by atoms with Crippen LogP contribution in [-0.2, 0) is 6.18 Å². The van der Waals surface area contributed by atoms with Crippen LogP contribution < -0.4 is 15.4 Å². The lowest BCUT2D eigenvalue weighted by Crippen LogP contribution is -2.19. The first-order chi connectivity index (χ1) is 11.7. The van der Waals surface area contributed by atoms with E-state index in [1.165, 1.54) is 18.2 Å². The molecule has 2 N–H and O–H groups in total. The summed E-state index contributed by atoms with van der Waals surface area (Å²) in [7, 11) is 0. The number of nitro groups is 1. The van der Waals surface area contributed by atoms with Gasteiger partial charge in [0, 0.05) is 6.07 Å². The SMILES string of the molecule is CCOc1ccc(NC(=S)Nc2cc(C(F)(F)F)no2)c([N+](=O)[O-])c1. The van der Waals surface area contributed by atoms with Gasteiger partial charge in [0.2, 0.25) is 5.88 Å². The number of benzene rings is 1. The normalized spacial score (nSPS) is 11.0. The van der Waals surface area contributed by atoms with Gasteiger partial charge in [0.25, 0.3) is 5.69 Å². The molecule has 0 fully saturated rings. The lowest BCUT2D eigenvalue weighted by atomic mass is 10.2. The minimum atomic E-state index is -4.66. The number of ether oxygens (including phenoxy) is 1. The van der Waals surface area contributed by atoms with Crippen molar-refractivity contribution in [1.29, 1.82) is 0 Å². The van der Waals surface area contributed by atoms with Crippen LogP contribution in [0.2, 0.25) is 0 Å². The summed E-state index contributed by atoms with van der Waals surface area (Å²) in [5.41, 5.74) is -1.52. The maximum atomic E-state index is 12.4. The first-order valence-corrected chi connectivity index (χ1v) is 7.14. The Hall–Kier alpha value is -2.89. The largest absolute Gasteiger partial charge is 0.494 e. The second kappa shape index (κ2) is 7.34. The molecule has 0 bridgehead atoms. The first-order valence-electron chi connectivity index (χ1n) is 6.74. The number of rotatable bonds is 5. The van der Waals surface area contributed by atoms with Crippen molar-refractivity contribution in [2.75, 3.05) is 17.2 Å². The third kappa shape index (κ3) is 4.79. The lowest BCUT2D eigenvalue weighted by Gasteiger charge is -2.10. The lowest BCUT2D eigenvalue weighted by molar-refractivity contribution is -0.384. The molecule has 1 aromatic carbocycles. The van der Waals surface area contributed by atoms with E-state index in [0.29, 0.717) is 18.4 Å². The summed E-state index contributed by atoms with van der Waals surface area (Å²) in [6.45, 7) is 2.06. The molecule has 134 valence electrons. The molecule has 12 heteroatoms. The Morgan fingerprint density at radius 1 is 1.40 bits per heavy atom. The monoisotopic (exact) mass is 376 g/mol. The predicted molar refractivity (Wildman–Crippen MR) is 85.6 cm³/mol. The number of halogens is 3. The van der Waals surface area contributed by atoms with Crippen LogP contribution in [0.1, 0.15) is 12.6 Å². The quantitative estimate of drug-likeness (QED) is 0.461. The van der Waals surface area contributed by atoms with Crippen LogP contribution in [0.4, 0.5) is 30.4 Å². The molecule has 0 radical (unpaired) electrons. The van der Waals surface area contributed by atoms with Crippen LogP contribution in [0.15, 0.2) is 28.8 Å². The van der Waals surface area contributed by atoms with Crippen molar-refractivity contribution in [3.8, 4) is 5.75 Å². The smallest absolute Gasteiger partial charge is 0.436 e. The number of nitro benzene ring substituents is 1. The zero-order valence-corrected chi connectivity index (χ0v) is 13.4. The summed E-state index contributed by atoms with van der Waals surface area (Å²) in [5, 5.41) is 18.6. The fourth-order valence-electron chi connectivity index (χ4n) is 1.76. The number of aromatic nitrogens is 1. The minimum absolute atomic E-state index is 0.0292. The molecule has 0 aliphatic heterocycles. The van der Waals surface area contributed by atoms with Gasteiger partial charge >= 0.3 is 6.18 Å². The molecule has 0 unspecified atom stereocenters. The molecule has 8 nitrogen and oxygen atoms in total. The van der Waals surface area contributed by atoms with Crippen molar-refractivity contribution in [3.63, 3.8) is 0 Å². The number of thiocarbonyl (C=S) groups is 1. The number of nitrogens with one attached hydrogen (secondary N) is 2. The van der Waals surface area contributed by atoms with E-state index in [4.69, 9.17) is 17.0 Å². The van der Waals surface area contributed by atoms with Gasteiger partial charge in [-0.05, 0) is 31.3 Å². The zero-order valence-electron chi connectivity index (χ0n) is 12.6. The Morgan fingerprint density at radius 3 is 2.68 bits per heavy atom. The van der Waals surface area contributed by atoms with Crippen LogP contribution in [0, 0.1) is 10.1 Å². The van der Waals surface area contributed by atoms with Crippen LogP contribution in [0.5, 0.6) is 5.75 Å². The standard InChI is InChI=1S/C13H11F3N4O4S/c1-2-23-7-3-4-8(9(5-7)20(21)22)17-12(25)18-11-6-10(19-24-11)13(14,15)16/h3-6H,2H2,1H3,(H2,17,18,25).